The third kappa shape index (κ3) is 2.60. The van der Waals surface area contributed by atoms with Crippen LogP contribution >= 0.6 is 15.9 Å². The topological polar surface area (TPSA) is 33.1 Å². The minimum atomic E-state index is -0.766. The van der Waals surface area contributed by atoms with Gasteiger partial charge in [-0.2, -0.15) is 0 Å². The lowest BCUT2D eigenvalue weighted by Crippen LogP contribution is -2.09. The maximum atomic E-state index is 13.4. The Bertz CT molecular complexity index is 533. The van der Waals surface area contributed by atoms with E-state index < -0.39 is 6.10 Å². The summed E-state index contributed by atoms with van der Waals surface area (Å²) < 4.78 is 13.8. The lowest BCUT2D eigenvalue weighted by atomic mass is 9.91. The molecule has 0 amide bonds. The van der Waals surface area contributed by atoms with E-state index in [-0.39, 0.29) is 11.7 Å². The molecule has 4 heteroatoms. The molecule has 94 valence electrons. The number of benzene rings is 1. The Morgan fingerprint density at radius 3 is 2.56 bits per heavy atom. The number of aromatic nitrogens is 1. The molecule has 2 rings (SSSR count). The second kappa shape index (κ2) is 5.59. The smallest absolute Gasteiger partial charge is 0.137 e. The van der Waals surface area contributed by atoms with Crippen molar-refractivity contribution in [1.82, 2.24) is 4.98 Å². The van der Waals surface area contributed by atoms with E-state index in [9.17, 15) is 9.50 Å². The van der Waals surface area contributed by atoms with Crippen molar-refractivity contribution >= 4 is 15.9 Å². The first-order chi connectivity index (χ1) is 8.61. The van der Waals surface area contributed by atoms with Gasteiger partial charge in [-0.25, -0.2) is 4.39 Å². The van der Waals surface area contributed by atoms with Crippen molar-refractivity contribution in [3.8, 4) is 0 Å². The molecule has 0 aliphatic rings. The van der Waals surface area contributed by atoms with E-state index in [4.69, 9.17) is 0 Å². The van der Waals surface area contributed by atoms with Gasteiger partial charge in [0.15, 0.2) is 0 Å². The van der Waals surface area contributed by atoms with Crippen molar-refractivity contribution < 1.29 is 9.50 Å². The molecule has 0 aliphatic carbocycles. The van der Waals surface area contributed by atoms with Crippen molar-refractivity contribution in [2.24, 2.45) is 0 Å². The summed E-state index contributed by atoms with van der Waals surface area (Å²) in [5.74, 6) is -0.500. The van der Waals surface area contributed by atoms with Crippen LogP contribution in [0.2, 0.25) is 0 Å². The number of aliphatic hydroxyl groups excluding tert-OH is 1. The molecule has 2 unspecified atom stereocenters. The monoisotopic (exact) mass is 309 g/mol. The van der Waals surface area contributed by atoms with Crippen molar-refractivity contribution in [3.63, 3.8) is 0 Å². The molecule has 0 radical (unpaired) electrons. The maximum absolute atomic E-state index is 13.4. The van der Waals surface area contributed by atoms with E-state index in [0.29, 0.717) is 10.0 Å². The molecule has 2 atom stereocenters. The average molecular weight is 310 g/mol. The molecule has 1 aromatic heterocycles. The third-order valence-electron chi connectivity index (χ3n) is 3.01. The number of aliphatic hydroxyl groups is 1. The van der Waals surface area contributed by atoms with Crippen molar-refractivity contribution in [2.75, 3.05) is 0 Å². The van der Waals surface area contributed by atoms with E-state index in [2.05, 4.69) is 20.9 Å². The van der Waals surface area contributed by atoms with Gasteiger partial charge in [0.1, 0.15) is 5.82 Å². The fraction of sp³-hybridized carbons (Fsp3) is 0.214. The van der Waals surface area contributed by atoms with Gasteiger partial charge in [0.2, 0.25) is 0 Å². The molecule has 1 aromatic carbocycles. The van der Waals surface area contributed by atoms with E-state index in [0.717, 1.165) is 5.56 Å². The van der Waals surface area contributed by atoms with Gasteiger partial charge in [0, 0.05) is 18.3 Å². The van der Waals surface area contributed by atoms with Crippen LogP contribution in [-0.2, 0) is 0 Å². The molecule has 0 spiro atoms. The van der Waals surface area contributed by atoms with E-state index in [1.165, 1.54) is 6.07 Å². The molecule has 18 heavy (non-hydrogen) atoms. The minimum absolute atomic E-state index is 0.133. The quantitative estimate of drug-likeness (QED) is 0.935. The number of rotatable bonds is 3. The first-order valence-corrected chi connectivity index (χ1v) is 6.42. The highest BCUT2D eigenvalue weighted by molar-refractivity contribution is 9.10. The number of halogens is 2. The van der Waals surface area contributed by atoms with Gasteiger partial charge >= 0.3 is 0 Å². The number of hydrogen-bond donors (Lipinski definition) is 1. The molecule has 0 saturated heterocycles. The number of pyridine rings is 1. The van der Waals surface area contributed by atoms with Crippen LogP contribution in [0.25, 0.3) is 0 Å². The fourth-order valence-electron chi connectivity index (χ4n) is 1.87. The predicted molar refractivity (Wildman–Crippen MR) is 71.7 cm³/mol. The Kier molecular flexibility index (Phi) is 4.09. The van der Waals surface area contributed by atoms with Crippen LogP contribution in [0.5, 0.6) is 0 Å². The van der Waals surface area contributed by atoms with Gasteiger partial charge in [-0.1, -0.05) is 19.1 Å². The highest BCUT2D eigenvalue weighted by Gasteiger charge is 2.21. The normalized spacial score (nSPS) is 14.2. The van der Waals surface area contributed by atoms with E-state index in [1.807, 2.05) is 19.1 Å². The minimum Gasteiger partial charge on any atom is -0.388 e. The standard InChI is InChI=1S/C14H13BrFNO/c1-9(10-5-7-17-8-6-10)14(18)11-3-2-4-12(16)13(11)15/h2-9,14,18H,1H3. The lowest BCUT2D eigenvalue weighted by molar-refractivity contribution is 0.150. The second-order valence-electron chi connectivity index (χ2n) is 4.16. The predicted octanol–water partition coefficient (Wildman–Crippen LogP) is 3.82. The number of nitrogens with zero attached hydrogens (tertiary/aromatic N) is 1. The molecule has 0 saturated carbocycles. The first-order valence-electron chi connectivity index (χ1n) is 5.63. The summed E-state index contributed by atoms with van der Waals surface area (Å²) in [5, 5.41) is 10.3. The largest absolute Gasteiger partial charge is 0.388 e. The van der Waals surface area contributed by atoms with Crippen molar-refractivity contribution in [3.05, 3.63) is 64.1 Å². The summed E-state index contributed by atoms with van der Waals surface area (Å²) in [6.07, 6.45) is 2.59. The zero-order valence-corrected chi connectivity index (χ0v) is 11.4. The van der Waals surface area contributed by atoms with Crippen molar-refractivity contribution in [1.29, 1.82) is 0 Å². The Labute approximate surface area is 114 Å². The summed E-state index contributed by atoms with van der Waals surface area (Å²) >= 11 is 3.17. The van der Waals surface area contributed by atoms with Crippen LogP contribution in [0, 0.1) is 5.82 Å². The van der Waals surface area contributed by atoms with Crippen molar-refractivity contribution in [2.45, 2.75) is 18.9 Å². The van der Waals surface area contributed by atoms with E-state index in [1.54, 1.807) is 24.5 Å². The zero-order valence-electron chi connectivity index (χ0n) is 9.85. The summed E-state index contributed by atoms with van der Waals surface area (Å²) in [5.41, 5.74) is 1.52. The molecule has 0 bridgehead atoms. The molecule has 1 N–H and O–H groups in total. The van der Waals surface area contributed by atoms with Crippen LogP contribution in [0.4, 0.5) is 4.39 Å². The molecule has 2 aromatic rings. The van der Waals surface area contributed by atoms with E-state index >= 15 is 0 Å². The third-order valence-corrected chi connectivity index (χ3v) is 3.84. The first kappa shape index (κ1) is 13.2. The molecular weight excluding hydrogens is 297 g/mol. The second-order valence-corrected chi connectivity index (χ2v) is 4.95. The molecule has 1 heterocycles. The van der Waals surface area contributed by atoms with Gasteiger partial charge < -0.3 is 5.11 Å². The summed E-state index contributed by atoms with van der Waals surface area (Å²) in [6, 6.07) is 8.37. The van der Waals surface area contributed by atoms with Gasteiger partial charge in [0.05, 0.1) is 10.6 Å². The Hall–Kier alpha value is -1.26. The van der Waals surface area contributed by atoms with Crippen LogP contribution in [0.1, 0.15) is 30.1 Å². The Morgan fingerprint density at radius 1 is 1.22 bits per heavy atom. The van der Waals surface area contributed by atoms with Gasteiger partial charge in [-0.05, 0) is 45.3 Å². The summed E-state index contributed by atoms with van der Waals surface area (Å²) in [6.45, 7) is 1.90. The Morgan fingerprint density at radius 2 is 1.89 bits per heavy atom. The SMILES string of the molecule is CC(c1ccncc1)C(O)c1cccc(F)c1Br. The highest BCUT2D eigenvalue weighted by atomic mass is 79.9. The average Bonchev–Trinajstić information content (AvgIpc) is 2.41. The molecule has 0 aliphatic heterocycles. The highest BCUT2D eigenvalue weighted by Crippen LogP contribution is 2.35. The lowest BCUT2D eigenvalue weighted by Gasteiger charge is -2.20. The van der Waals surface area contributed by atoms with Crippen LogP contribution in [0.3, 0.4) is 0 Å². The van der Waals surface area contributed by atoms with Crippen LogP contribution in [-0.4, -0.2) is 10.1 Å². The molecule has 2 nitrogen and oxygen atoms in total. The van der Waals surface area contributed by atoms with Gasteiger partial charge in [-0.3, -0.25) is 4.98 Å². The number of hydrogen-bond acceptors (Lipinski definition) is 2. The van der Waals surface area contributed by atoms with Gasteiger partial charge in [-0.15, -0.1) is 0 Å². The van der Waals surface area contributed by atoms with Gasteiger partial charge in [0.25, 0.3) is 0 Å². The van der Waals surface area contributed by atoms with Crippen LogP contribution in [0.15, 0.2) is 47.2 Å². The fourth-order valence-corrected chi connectivity index (χ4v) is 2.37. The zero-order chi connectivity index (χ0) is 13.1. The Balaban J connectivity index is 2.31. The maximum Gasteiger partial charge on any atom is 0.137 e. The molecular formula is C14H13BrFNO. The molecule has 0 fully saturated rings. The van der Waals surface area contributed by atoms with Crippen LogP contribution < -0.4 is 0 Å². The summed E-state index contributed by atoms with van der Waals surface area (Å²) in [4.78, 5) is 3.94. The summed E-state index contributed by atoms with van der Waals surface area (Å²) in [7, 11) is 0.